The average molecular weight is 477 g/mol. The molecule has 1 fully saturated rings. The molecule has 0 aromatic carbocycles. The summed E-state index contributed by atoms with van der Waals surface area (Å²) in [6.45, 7) is 1.70. The van der Waals surface area contributed by atoms with Gasteiger partial charge in [0.25, 0.3) is 0 Å². The Balaban J connectivity index is 0.000000219. The van der Waals surface area contributed by atoms with Gasteiger partial charge in [-0.3, -0.25) is 4.79 Å². The molecule has 0 unspecified atom stereocenters. The Morgan fingerprint density at radius 2 is 1.67 bits per heavy atom. The van der Waals surface area contributed by atoms with E-state index in [4.69, 9.17) is 17.3 Å². The maximum atomic E-state index is 11.0. The number of primary amides is 1. The van der Waals surface area contributed by atoms with E-state index in [0.29, 0.717) is 5.15 Å². The molecule has 5 nitrogen and oxygen atoms in total. The Hall–Kier alpha value is -1.18. The smallest absolute Gasteiger partial charge is 0.220 e. The zero-order chi connectivity index (χ0) is 17.5. The lowest BCUT2D eigenvalue weighted by molar-refractivity contribution is -0.122. The first-order valence-corrected chi connectivity index (χ1v) is 9.35. The molecule has 1 aliphatic rings. The second-order valence-corrected chi connectivity index (χ2v) is 7.52. The largest absolute Gasteiger partial charge is 0.369 e. The molecule has 128 valence electrons. The summed E-state index contributed by atoms with van der Waals surface area (Å²) in [5.41, 5.74) is 5.29. The topological polar surface area (TPSA) is 72.1 Å². The summed E-state index contributed by atoms with van der Waals surface area (Å²) in [5, 5.41) is 0.521. The number of hydrogen-bond donors (Lipinski definition) is 1. The Kier molecular flexibility index (Phi) is 7.45. The van der Waals surface area contributed by atoms with Crippen LogP contribution in [0.5, 0.6) is 0 Å². The summed E-state index contributed by atoms with van der Waals surface area (Å²) < 4.78 is 1.92. The van der Waals surface area contributed by atoms with Gasteiger partial charge >= 0.3 is 0 Å². The monoisotopic (exact) mass is 474 g/mol. The molecule has 1 aliphatic heterocycles. The van der Waals surface area contributed by atoms with Crippen LogP contribution < -0.4 is 10.6 Å². The summed E-state index contributed by atoms with van der Waals surface area (Å²) in [6, 6.07) is 7.53. The Morgan fingerprint density at radius 3 is 2.08 bits per heavy atom. The van der Waals surface area contributed by atoms with Crippen LogP contribution in [0, 0.1) is 5.92 Å². The van der Waals surface area contributed by atoms with Gasteiger partial charge in [-0.25, -0.2) is 9.97 Å². The van der Waals surface area contributed by atoms with Gasteiger partial charge in [-0.05, 0) is 69.0 Å². The molecule has 2 aromatic rings. The normalized spacial score (nSPS) is 14.7. The van der Waals surface area contributed by atoms with Crippen molar-refractivity contribution in [2.45, 2.75) is 12.8 Å². The molecule has 1 saturated heterocycles. The fourth-order valence-corrected chi connectivity index (χ4v) is 2.89. The zero-order valence-corrected chi connectivity index (χ0v) is 16.8. The first-order chi connectivity index (χ1) is 11.5. The van der Waals surface area contributed by atoms with Crippen LogP contribution in [0.3, 0.4) is 0 Å². The first kappa shape index (κ1) is 19.1. The Labute approximate surface area is 162 Å². The molecule has 8 heteroatoms. The molecule has 0 radical (unpaired) electrons. The van der Waals surface area contributed by atoms with Gasteiger partial charge in [-0.2, -0.15) is 0 Å². The van der Waals surface area contributed by atoms with E-state index in [1.165, 1.54) is 0 Å². The van der Waals surface area contributed by atoms with E-state index in [1.54, 1.807) is 18.5 Å². The van der Waals surface area contributed by atoms with Crippen LogP contribution in [-0.4, -0.2) is 29.0 Å². The summed E-state index contributed by atoms with van der Waals surface area (Å²) in [7, 11) is 0. The molecule has 2 N–H and O–H groups in total. The third kappa shape index (κ3) is 6.03. The third-order valence-corrected chi connectivity index (χ3v) is 4.79. The third-order valence-electron chi connectivity index (χ3n) is 3.62. The van der Waals surface area contributed by atoms with E-state index in [0.717, 1.165) is 40.7 Å². The molecule has 3 heterocycles. The Bertz CT molecular complexity index is 638. The number of pyridine rings is 2. The molecule has 0 bridgehead atoms. The molecule has 0 aliphatic carbocycles. The lowest BCUT2D eigenvalue weighted by Crippen LogP contribution is -2.38. The predicted molar refractivity (Wildman–Crippen MR) is 103 cm³/mol. The van der Waals surface area contributed by atoms with Gasteiger partial charge in [-0.15, -0.1) is 0 Å². The second-order valence-electron chi connectivity index (χ2n) is 5.30. The van der Waals surface area contributed by atoms with Crippen molar-refractivity contribution in [3.8, 4) is 0 Å². The van der Waals surface area contributed by atoms with Gasteiger partial charge in [0, 0.05) is 40.3 Å². The first-order valence-electron chi connectivity index (χ1n) is 7.38. The van der Waals surface area contributed by atoms with Gasteiger partial charge in [0.15, 0.2) is 0 Å². The Morgan fingerprint density at radius 1 is 1.08 bits per heavy atom. The van der Waals surface area contributed by atoms with Crippen molar-refractivity contribution in [2.24, 2.45) is 11.7 Å². The number of nitrogens with zero attached hydrogens (tertiary/aromatic N) is 3. The highest BCUT2D eigenvalue weighted by Gasteiger charge is 2.23. The minimum absolute atomic E-state index is 0.0340. The zero-order valence-electron chi connectivity index (χ0n) is 12.8. The minimum Gasteiger partial charge on any atom is -0.369 e. The maximum absolute atomic E-state index is 11.0. The molecule has 2 aromatic heterocycles. The molecular formula is C16H17Br2ClN4O. The van der Waals surface area contributed by atoms with E-state index in [-0.39, 0.29) is 11.8 Å². The van der Waals surface area contributed by atoms with Crippen LogP contribution in [0.2, 0.25) is 5.15 Å². The summed E-state index contributed by atoms with van der Waals surface area (Å²) >= 11 is 12.1. The van der Waals surface area contributed by atoms with Crippen LogP contribution in [0.15, 0.2) is 45.6 Å². The van der Waals surface area contributed by atoms with E-state index in [1.807, 2.05) is 18.2 Å². The summed E-state index contributed by atoms with van der Waals surface area (Å²) in [4.78, 5) is 21.3. The second kappa shape index (κ2) is 9.34. The van der Waals surface area contributed by atoms with Crippen LogP contribution in [-0.2, 0) is 4.79 Å². The number of carbonyl (C=O) groups is 1. The van der Waals surface area contributed by atoms with Gasteiger partial charge in [0.05, 0.1) is 0 Å². The van der Waals surface area contributed by atoms with E-state index >= 15 is 0 Å². The van der Waals surface area contributed by atoms with E-state index < -0.39 is 0 Å². The van der Waals surface area contributed by atoms with Crippen molar-refractivity contribution in [1.29, 1.82) is 0 Å². The van der Waals surface area contributed by atoms with Crippen molar-refractivity contribution in [3.63, 3.8) is 0 Å². The fraction of sp³-hybridized carbons (Fsp3) is 0.312. The van der Waals surface area contributed by atoms with Crippen molar-refractivity contribution >= 4 is 55.2 Å². The standard InChI is InChI=1S/C11H14BrN3O.C5H3BrClN/c12-9-1-2-10(14-7-9)15-5-3-8(4-6-15)11(13)16;6-4-1-2-5(7)8-3-4/h1-2,7-8H,3-6H2,(H2,13,16);1-3H. The number of hydrogen-bond acceptors (Lipinski definition) is 4. The van der Waals surface area contributed by atoms with Gasteiger partial charge in [0.2, 0.25) is 5.91 Å². The molecule has 24 heavy (non-hydrogen) atoms. The minimum atomic E-state index is -0.177. The summed E-state index contributed by atoms with van der Waals surface area (Å²) in [5.74, 6) is 0.821. The molecule has 1 amide bonds. The van der Waals surface area contributed by atoms with Crippen LogP contribution >= 0.6 is 43.5 Å². The molecule has 3 rings (SSSR count). The highest BCUT2D eigenvalue weighted by molar-refractivity contribution is 9.10. The predicted octanol–water partition coefficient (Wildman–Crippen LogP) is 4.04. The molecule has 0 saturated carbocycles. The molecule has 0 atom stereocenters. The van der Waals surface area contributed by atoms with Crippen molar-refractivity contribution in [1.82, 2.24) is 9.97 Å². The summed E-state index contributed by atoms with van der Waals surface area (Å²) in [6.07, 6.45) is 5.10. The van der Waals surface area contributed by atoms with Crippen LogP contribution in [0.1, 0.15) is 12.8 Å². The van der Waals surface area contributed by atoms with Gasteiger partial charge < -0.3 is 10.6 Å². The number of aromatic nitrogens is 2. The number of piperidine rings is 1. The SMILES string of the molecule is Clc1ccc(Br)cn1.NC(=O)C1CCN(c2ccc(Br)cn2)CC1. The number of amides is 1. The lowest BCUT2D eigenvalue weighted by atomic mass is 9.96. The lowest BCUT2D eigenvalue weighted by Gasteiger charge is -2.31. The number of rotatable bonds is 2. The van der Waals surface area contributed by atoms with Crippen LogP contribution in [0.4, 0.5) is 5.82 Å². The maximum Gasteiger partial charge on any atom is 0.220 e. The average Bonchev–Trinajstić information content (AvgIpc) is 2.59. The van der Waals surface area contributed by atoms with Crippen molar-refractivity contribution in [3.05, 3.63) is 50.8 Å². The van der Waals surface area contributed by atoms with E-state index in [9.17, 15) is 4.79 Å². The fourth-order valence-electron chi connectivity index (χ4n) is 2.31. The van der Waals surface area contributed by atoms with Crippen LogP contribution in [0.25, 0.3) is 0 Å². The molecule has 0 spiro atoms. The van der Waals surface area contributed by atoms with Gasteiger partial charge in [-0.1, -0.05) is 11.6 Å². The van der Waals surface area contributed by atoms with Gasteiger partial charge in [0.1, 0.15) is 11.0 Å². The van der Waals surface area contributed by atoms with Crippen molar-refractivity contribution in [2.75, 3.05) is 18.0 Å². The van der Waals surface area contributed by atoms with Crippen molar-refractivity contribution < 1.29 is 4.79 Å². The molecular weight excluding hydrogens is 459 g/mol. The number of halogens is 3. The number of anilines is 1. The highest BCUT2D eigenvalue weighted by atomic mass is 79.9. The van der Waals surface area contributed by atoms with E-state index in [2.05, 4.69) is 46.7 Å². The number of carbonyl (C=O) groups excluding carboxylic acids is 1. The quantitative estimate of drug-likeness (QED) is 0.664. The highest BCUT2D eigenvalue weighted by Crippen LogP contribution is 2.22. The number of nitrogens with two attached hydrogens (primary N) is 1.